The van der Waals surface area contributed by atoms with Crippen molar-refractivity contribution >= 4 is 0 Å². The summed E-state index contributed by atoms with van der Waals surface area (Å²) in [5.74, 6) is 0. The van der Waals surface area contributed by atoms with Gasteiger partial charge in [0, 0.05) is 6.04 Å². The number of fused-ring (bicyclic) bond motifs is 1. The second kappa shape index (κ2) is 5.51. The van der Waals surface area contributed by atoms with E-state index < -0.39 is 24.9 Å². The van der Waals surface area contributed by atoms with E-state index in [0.717, 1.165) is 11.1 Å². The molecule has 0 heterocycles. The molecule has 1 aromatic carbocycles. The molecule has 1 aliphatic rings. The Hall–Kier alpha value is -1.07. The molecule has 0 radical (unpaired) electrons. The molecule has 0 saturated heterocycles. The summed E-state index contributed by atoms with van der Waals surface area (Å²) in [5, 5.41) is 10.3. The molecule has 0 aromatic heterocycles. The van der Waals surface area contributed by atoms with Crippen molar-refractivity contribution in [2.24, 2.45) is 0 Å². The van der Waals surface area contributed by atoms with Crippen molar-refractivity contribution < 1.29 is 18.3 Å². The summed E-state index contributed by atoms with van der Waals surface area (Å²) in [7, 11) is 0. The van der Waals surface area contributed by atoms with E-state index in [4.69, 9.17) is 0 Å². The second-order valence-electron chi connectivity index (χ2n) is 4.93. The van der Waals surface area contributed by atoms with Crippen LogP contribution in [0.2, 0.25) is 0 Å². The Morgan fingerprint density at radius 2 is 2.00 bits per heavy atom. The zero-order valence-corrected chi connectivity index (χ0v) is 10.8. The largest absolute Gasteiger partial charge is 0.401 e. The Balaban J connectivity index is 2.18. The van der Waals surface area contributed by atoms with Crippen molar-refractivity contribution in [2.75, 3.05) is 13.1 Å². The highest BCUT2D eigenvalue weighted by atomic mass is 19.4. The Labute approximate surface area is 110 Å². The number of likely N-dealkylation sites (N-methyl/N-ethyl adjacent to an activating group) is 1. The minimum atomic E-state index is -4.23. The van der Waals surface area contributed by atoms with Crippen molar-refractivity contribution in [3.63, 3.8) is 0 Å². The van der Waals surface area contributed by atoms with Crippen LogP contribution in [0.4, 0.5) is 13.2 Å². The van der Waals surface area contributed by atoms with Gasteiger partial charge >= 0.3 is 6.18 Å². The number of alkyl halides is 3. The van der Waals surface area contributed by atoms with Crippen molar-refractivity contribution in [2.45, 2.75) is 38.1 Å². The van der Waals surface area contributed by atoms with Crippen molar-refractivity contribution in [1.29, 1.82) is 0 Å². The van der Waals surface area contributed by atoms with E-state index in [9.17, 15) is 18.3 Å². The van der Waals surface area contributed by atoms with Crippen LogP contribution in [0.3, 0.4) is 0 Å². The standard InChI is InChI=1S/C14H18F3NO/c1-2-18(9-14(15,16)17)12-8-7-10-5-3-4-6-11(10)13(12)19/h3-6,12-13,19H,2,7-9H2,1H3. The summed E-state index contributed by atoms with van der Waals surface area (Å²) in [5.41, 5.74) is 1.80. The molecule has 2 unspecified atom stereocenters. The summed E-state index contributed by atoms with van der Waals surface area (Å²) in [6.45, 7) is 1.01. The van der Waals surface area contributed by atoms with E-state index in [0.29, 0.717) is 12.8 Å². The highest BCUT2D eigenvalue weighted by Crippen LogP contribution is 2.34. The molecule has 1 aromatic rings. The van der Waals surface area contributed by atoms with Gasteiger partial charge < -0.3 is 5.11 Å². The van der Waals surface area contributed by atoms with Gasteiger partial charge in [-0.1, -0.05) is 31.2 Å². The lowest BCUT2D eigenvalue weighted by Crippen LogP contribution is -2.46. The van der Waals surface area contributed by atoms with Crippen LogP contribution in [0.25, 0.3) is 0 Å². The third kappa shape index (κ3) is 3.28. The van der Waals surface area contributed by atoms with Crippen molar-refractivity contribution in [3.05, 3.63) is 35.4 Å². The zero-order chi connectivity index (χ0) is 14.0. The second-order valence-corrected chi connectivity index (χ2v) is 4.93. The van der Waals surface area contributed by atoms with Gasteiger partial charge in [0.25, 0.3) is 0 Å². The minimum absolute atomic E-state index is 0.281. The van der Waals surface area contributed by atoms with Gasteiger partial charge in [-0.2, -0.15) is 13.2 Å². The van der Waals surface area contributed by atoms with Gasteiger partial charge in [-0.05, 0) is 30.5 Å². The summed E-state index contributed by atoms with van der Waals surface area (Å²) >= 11 is 0. The van der Waals surface area contributed by atoms with Gasteiger partial charge in [0.05, 0.1) is 12.6 Å². The third-order valence-electron chi connectivity index (χ3n) is 3.71. The van der Waals surface area contributed by atoms with Crippen LogP contribution in [0, 0.1) is 0 Å². The van der Waals surface area contributed by atoms with Crippen molar-refractivity contribution in [3.8, 4) is 0 Å². The number of aliphatic hydroxyl groups is 1. The van der Waals surface area contributed by atoms with Gasteiger partial charge in [-0.25, -0.2) is 0 Å². The van der Waals surface area contributed by atoms with Crippen LogP contribution < -0.4 is 0 Å². The molecule has 0 aliphatic heterocycles. The summed E-state index contributed by atoms with van der Waals surface area (Å²) in [4.78, 5) is 1.32. The SMILES string of the molecule is CCN(CC(F)(F)F)C1CCc2ccccc2C1O. The van der Waals surface area contributed by atoms with Crippen LogP contribution >= 0.6 is 0 Å². The number of halogens is 3. The predicted octanol–water partition coefficient (Wildman–Crippen LogP) is 2.92. The number of hydrogen-bond acceptors (Lipinski definition) is 2. The molecule has 19 heavy (non-hydrogen) atoms. The number of nitrogens with zero attached hydrogens (tertiary/aromatic N) is 1. The Kier molecular flexibility index (Phi) is 4.16. The number of aryl methyl sites for hydroxylation is 1. The minimum Gasteiger partial charge on any atom is -0.387 e. The molecule has 2 rings (SSSR count). The fraction of sp³-hybridized carbons (Fsp3) is 0.571. The highest BCUT2D eigenvalue weighted by molar-refractivity contribution is 5.32. The smallest absolute Gasteiger partial charge is 0.387 e. The maximum atomic E-state index is 12.5. The van der Waals surface area contributed by atoms with Crippen LogP contribution in [0.15, 0.2) is 24.3 Å². The van der Waals surface area contributed by atoms with E-state index in [1.165, 1.54) is 4.90 Å². The number of hydrogen-bond donors (Lipinski definition) is 1. The first-order valence-electron chi connectivity index (χ1n) is 6.49. The van der Waals surface area contributed by atoms with Gasteiger partial charge in [0.15, 0.2) is 0 Å². The maximum absolute atomic E-state index is 12.5. The Bertz CT molecular complexity index is 433. The molecule has 0 amide bonds. The fourth-order valence-corrected chi connectivity index (χ4v) is 2.80. The fourth-order valence-electron chi connectivity index (χ4n) is 2.80. The summed E-state index contributed by atoms with van der Waals surface area (Å²) < 4.78 is 37.6. The molecule has 0 saturated carbocycles. The monoisotopic (exact) mass is 273 g/mol. The average molecular weight is 273 g/mol. The molecular formula is C14H18F3NO. The molecule has 0 fully saturated rings. The third-order valence-corrected chi connectivity index (χ3v) is 3.71. The zero-order valence-electron chi connectivity index (χ0n) is 10.8. The Morgan fingerprint density at radius 3 is 2.63 bits per heavy atom. The molecular weight excluding hydrogens is 255 g/mol. The highest BCUT2D eigenvalue weighted by Gasteiger charge is 2.37. The lowest BCUT2D eigenvalue weighted by Gasteiger charge is -2.38. The normalized spacial score (nSPS) is 23.5. The van der Waals surface area contributed by atoms with Gasteiger partial charge in [0.1, 0.15) is 0 Å². The van der Waals surface area contributed by atoms with Gasteiger partial charge in [-0.15, -0.1) is 0 Å². The van der Waals surface area contributed by atoms with Crippen LogP contribution in [0.1, 0.15) is 30.6 Å². The first-order valence-corrected chi connectivity index (χ1v) is 6.49. The maximum Gasteiger partial charge on any atom is 0.401 e. The van der Waals surface area contributed by atoms with Gasteiger partial charge in [0.2, 0.25) is 0 Å². The van der Waals surface area contributed by atoms with E-state index in [2.05, 4.69) is 0 Å². The lowest BCUT2D eigenvalue weighted by atomic mass is 9.85. The Morgan fingerprint density at radius 1 is 1.32 bits per heavy atom. The number of rotatable bonds is 3. The average Bonchev–Trinajstić information content (AvgIpc) is 2.36. The van der Waals surface area contributed by atoms with E-state index in [1.54, 1.807) is 13.0 Å². The molecule has 0 bridgehead atoms. The van der Waals surface area contributed by atoms with Crippen LogP contribution in [-0.2, 0) is 6.42 Å². The van der Waals surface area contributed by atoms with Crippen molar-refractivity contribution in [1.82, 2.24) is 4.90 Å². The summed E-state index contributed by atoms with van der Waals surface area (Å²) in [6.07, 6.45) is -3.80. The molecule has 106 valence electrons. The molecule has 2 nitrogen and oxygen atoms in total. The predicted molar refractivity (Wildman–Crippen MR) is 66.8 cm³/mol. The topological polar surface area (TPSA) is 23.5 Å². The number of aliphatic hydroxyl groups excluding tert-OH is 1. The molecule has 0 spiro atoms. The summed E-state index contributed by atoms with van der Waals surface area (Å²) in [6, 6.07) is 6.97. The first kappa shape index (κ1) is 14.3. The molecule has 1 aliphatic carbocycles. The number of benzene rings is 1. The van der Waals surface area contributed by atoms with E-state index in [1.807, 2.05) is 18.2 Å². The molecule has 1 N–H and O–H groups in total. The quantitative estimate of drug-likeness (QED) is 0.915. The molecule has 5 heteroatoms. The van der Waals surface area contributed by atoms with Gasteiger partial charge in [-0.3, -0.25) is 4.90 Å². The van der Waals surface area contributed by atoms with Crippen LogP contribution in [0.5, 0.6) is 0 Å². The van der Waals surface area contributed by atoms with E-state index >= 15 is 0 Å². The van der Waals surface area contributed by atoms with E-state index in [-0.39, 0.29) is 6.54 Å². The molecule has 2 atom stereocenters. The van der Waals surface area contributed by atoms with Crippen LogP contribution in [-0.4, -0.2) is 35.3 Å². The lowest BCUT2D eigenvalue weighted by molar-refractivity contribution is -0.156. The first-order chi connectivity index (χ1) is 8.92.